The number of carbonyl (C=O) groups excluding carboxylic acids is 1. The largest absolute Gasteiger partial charge is 0.469 e. The number of methoxy groups -OCH3 is 1. The highest BCUT2D eigenvalue weighted by molar-refractivity contribution is 5.90. The number of hydrogen-bond acceptors (Lipinski definition) is 4. The Kier molecular flexibility index (Phi) is 5.67. The fourth-order valence-electron chi connectivity index (χ4n) is 11.7. The van der Waals surface area contributed by atoms with Crippen molar-refractivity contribution in [3.63, 3.8) is 0 Å². The molecule has 5 aliphatic carbocycles. The van der Waals surface area contributed by atoms with E-state index in [1.165, 1.54) is 31.3 Å². The number of carbonyl (C=O) groups is 1. The number of allylic oxidation sites excluding steroid dienone is 1. The Bertz CT molecular complexity index is 953. The summed E-state index contributed by atoms with van der Waals surface area (Å²) in [5, 5.41) is 13.5. The second-order valence-electron chi connectivity index (χ2n) is 14.6. The normalized spacial score (nSPS) is 51.5. The summed E-state index contributed by atoms with van der Waals surface area (Å²) >= 11 is 0. The summed E-state index contributed by atoms with van der Waals surface area (Å²) < 4.78 is 5.50. The maximum atomic E-state index is 13.4. The average Bonchev–Trinajstić information content (AvgIpc) is 3.20. The van der Waals surface area contributed by atoms with Crippen LogP contribution in [0, 0.1) is 56.7 Å². The van der Waals surface area contributed by atoms with Gasteiger partial charge in [0.2, 0.25) is 0 Å². The summed E-state index contributed by atoms with van der Waals surface area (Å²) in [6.45, 7) is 19.1. The van der Waals surface area contributed by atoms with Crippen LogP contribution in [0.2, 0.25) is 0 Å². The van der Waals surface area contributed by atoms with Crippen molar-refractivity contribution in [3.05, 3.63) is 12.2 Å². The van der Waals surface area contributed by atoms with Crippen LogP contribution in [0.4, 0.5) is 0 Å². The summed E-state index contributed by atoms with van der Waals surface area (Å²) in [6, 6.07) is 0. The molecule has 0 radical (unpaired) electrons. The van der Waals surface area contributed by atoms with Gasteiger partial charge < -0.3 is 9.94 Å². The molecule has 0 heterocycles. The molecule has 0 aromatic rings. The number of fused-ring (bicyclic) bond motifs is 7. The molecule has 5 saturated carbocycles. The van der Waals surface area contributed by atoms with E-state index in [1.807, 2.05) is 0 Å². The summed E-state index contributed by atoms with van der Waals surface area (Å²) in [4.78, 5) is 13.4. The lowest BCUT2D eigenvalue weighted by molar-refractivity contribution is -0.230. The molecule has 4 nitrogen and oxygen atoms in total. The molecule has 5 rings (SSSR count). The quantitative estimate of drug-likeness (QED) is 0.190. The first-order valence-electron chi connectivity index (χ1n) is 14.3. The van der Waals surface area contributed by atoms with E-state index in [2.05, 4.69) is 53.3 Å². The fraction of sp³-hybridized carbons (Fsp3) is 0.871. The highest BCUT2D eigenvalue weighted by Crippen LogP contribution is 2.77. The molecule has 0 bridgehead atoms. The molecule has 196 valence electrons. The predicted molar refractivity (Wildman–Crippen MR) is 140 cm³/mol. The van der Waals surface area contributed by atoms with Crippen LogP contribution >= 0.6 is 0 Å². The highest BCUT2D eigenvalue weighted by Gasteiger charge is 2.72. The van der Waals surface area contributed by atoms with Gasteiger partial charge in [-0.1, -0.05) is 51.9 Å². The number of hydrogen-bond donors (Lipinski definition) is 1. The molecule has 1 N–H and O–H groups in total. The van der Waals surface area contributed by atoms with Crippen LogP contribution < -0.4 is 0 Å². The fourth-order valence-corrected chi connectivity index (χ4v) is 11.7. The van der Waals surface area contributed by atoms with Crippen LogP contribution in [0.15, 0.2) is 17.3 Å². The van der Waals surface area contributed by atoms with Gasteiger partial charge in [-0.15, -0.1) is 0 Å². The molecular weight excluding hydrogens is 434 g/mol. The van der Waals surface area contributed by atoms with Gasteiger partial charge in [-0.05, 0) is 117 Å². The van der Waals surface area contributed by atoms with E-state index < -0.39 is 0 Å². The first-order valence-corrected chi connectivity index (χ1v) is 14.3. The van der Waals surface area contributed by atoms with E-state index in [1.54, 1.807) is 7.11 Å². The van der Waals surface area contributed by atoms with Crippen molar-refractivity contribution in [2.24, 2.45) is 61.8 Å². The predicted octanol–water partition coefficient (Wildman–Crippen LogP) is 7.65. The molecule has 0 aromatic heterocycles. The van der Waals surface area contributed by atoms with Crippen molar-refractivity contribution < 1.29 is 14.7 Å². The van der Waals surface area contributed by atoms with Crippen molar-refractivity contribution >= 4 is 11.7 Å². The first-order chi connectivity index (χ1) is 16.3. The number of nitrogens with zero attached hydrogens (tertiary/aromatic N) is 1. The topological polar surface area (TPSA) is 58.9 Å². The van der Waals surface area contributed by atoms with E-state index in [-0.39, 0.29) is 33.0 Å². The molecule has 0 aliphatic heterocycles. The number of oxime groups is 1. The minimum atomic E-state index is -0.313. The number of rotatable bonds is 2. The minimum Gasteiger partial charge on any atom is -0.469 e. The van der Waals surface area contributed by atoms with Crippen LogP contribution in [0.1, 0.15) is 106 Å². The van der Waals surface area contributed by atoms with Gasteiger partial charge in [0, 0.05) is 5.41 Å². The van der Waals surface area contributed by atoms with Crippen molar-refractivity contribution in [2.45, 2.75) is 106 Å². The summed E-state index contributed by atoms with van der Waals surface area (Å²) in [7, 11) is 1.59. The molecule has 9 atom stereocenters. The smallest absolute Gasteiger partial charge is 0.312 e. The third kappa shape index (κ3) is 2.98. The van der Waals surface area contributed by atoms with Gasteiger partial charge in [0.1, 0.15) is 0 Å². The van der Waals surface area contributed by atoms with E-state index >= 15 is 0 Å². The maximum absolute atomic E-state index is 13.4. The Hall–Kier alpha value is -1.32. The van der Waals surface area contributed by atoms with Gasteiger partial charge in [-0.3, -0.25) is 4.79 Å². The van der Waals surface area contributed by atoms with Gasteiger partial charge in [0.25, 0.3) is 0 Å². The van der Waals surface area contributed by atoms with Crippen molar-refractivity contribution in [1.82, 2.24) is 0 Å². The zero-order valence-corrected chi connectivity index (χ0v) is 23.4. The van der Waals surface area contributed by atoms with Crippen molar-refractivity contribution in [3.8, 4) is 0 Å². The van der Waals surface area contributed by atoms with E-state index in [9.17, 15) is 10.0 Å². The molecule has 0 saturated heterocycles. The van der Waals surface area contributed by atoms with Crippen LogP contribution in [0.25, 0.3) is 0 Å². The Labute approximate surface area is 213 Å². The Morgan fingerprint density at radius 1 is 0.943 bits per heavy atom. The van der Waals surface area contributed by atoms with Gasteiger partial charge in [-0.2, -0.15) is 0 Å². The molecule has 2 unspecified atom stereocenters. The first kappa shape index (κ1) is 25.3. The van der Waals surface area contributed by atoms with Gasteiger partial charge in [-0.25, -0.2) is 0 Å². The highest BCUT2D eigenvalue weighted by atomic mass is 16.5. The number of esters is 1. The molecule has 0 spiro atoms. The van der Waals surface area contributed by atoms with Crippen molar-refractivity contribution in [2.75, 3.05) is 7.11 Å². The number of ether oxygens (including phenoxy) is 1. The van der Waals surface area contributed by atoms with Gasteiger partial charge in [0.05, 0.1) is 18.2 Å². The third-order valence-electron chi connectivity index (χ3n) is 13.6. The monoisotopic (exact) mass is 483 g/mol. The lowest BCUT2D eigenvalue weighted by Crippen LogP contribution is -2.66. The molecule has 5 aliphatic rings. The Balaban J connectivity index is 1.56. The molecule has 5 fully saturated rings. The van der Waals surface area contributed by atoms with Crippen LogP contribution in [0.3, 0.4) is 0 Å². The van der Waals surface area contributed by atoms with E-state index in [4.69, 9.17) is 4.74 Å². The summed E-state index contributed by atoms with van der Waals surface area (Å²) in [6.07, 6.45) is 11.1. The van der Waals surface area contributed by atoms with Crippen LogP contribution in [-0.4, -0.2) is 24.0 Å². The molecule has 35 heavy (non-hydrogen) atoms. The zero-order chi connectivity index (χ0) is 25.6. The Morgan fingerprint density at radius 2 is 1.66 bits per heavy atom. The third-order valence-corrected chi connectivity index (χ3v) is 13.6. The summed E-state index contributed by atoms with van der Waals surface area (Å²) in [5.41, 5.74) is 2.64. The lowest BCUT2D eigenvalue weighted by atomic mass is 9.32. The summed E-state index contributed by atoms with van der Waals surface area (Å²) in [5.74, 6) is 2.62. The molecular formula is C31H49NO3. The molecule has 4 heteroatoms. The van der Waals surface area contributed by atoms with Crippen LogP contribution in [0.5, 0.6) is 0 Å². The van der Waals surface area contributed by atoms with Crippen molar-refractivity contribution in [1.29, 1.82) is 0 Å². The molecule has 0 amide bonds. The standard InChI is InChI=1S/C31H49NO3/c1-19(2)20-11-16-31(26(33)35-8)18-17-29(6)21(25(20)31)9-10-23-28(5)14-13-24(32-34)27(3,4)22(28)12-15-30(23,29)7/h20-23,25,34H,1,9-18H2,2-8H3/t20-,21+,22?,23+,25?,28-,29+,30+,31-/m0/s1. The minimum absolute atomic E-state index is 0.0427. The Morgan fingerprint density at radius 3 is 2.29 bits per heavy atom. The SMILES string of the molecule is C=C(C)[C@@H]1CC[C@]2(C(=O)OC)CC[C@]3(C)[C@H](CC[C@@H]4[C@@]5(C)CCC(=NO)C(C)(C)C5CC[C@]43C)C12. The maximum Gasteiger partial charge on any atom is 0.312 e. The van der Waals surface area contributed by atoms with Gasteiger partial charge in [0.15, 0.2) is 0 Å². The lowest BCUT2D eigenvalue weighted by Gasteiger charge is -2.72. The van der Waals surface area contributed by atoms with Crippen LogP contribution in [-0.2, 0) is 9.53 Å². The second kappa shape index (κ2) is 7.84. The average molecular weight is 484 g/mol. The molecule has 0 aromatic carbocycles. The second-order valence-corrected chi connectivity index (χ2v) is 14.6. The van der Waals surface area contributed by atoms with E-state index in [0.29, 0.717) is 29.6 Å². The van der Waals surface area contributed by atoms with Gasteiger partial charge >= 0.3 is 5.97 Å². The zero-order valence-electron chi connectivity index (χ0n) is 23.4. The van der Waals surface area contributed by atoms with E-state index in [0.717, 1.165) is 44.2 Å².